The first-order chi connectivity index (χ1) is 19.3. The lowest BCUT2D eigenvalue weighted by molar-refractivity contribution is -0.139. The lowest BCUT2D eigenvalue weighted by atomic mass is 9.88. The molecule has 3 amide bonds. The second kappa shape index (κ2) is 14.5. The zero-order valence-electron chi connectivity index (χ0n) is 24.1. The van der Waals surface area contributed by atoms with Crippen molar-refractivity contribution in [2.24, 2.45) is 11.8 Å². The summed E-state index contributed by atoms with van der Waals surface area (Å²) in [7, 11) is 0. The number of carbonyl (C=O) groups excluding carboxylic acids is 3. The molecule has 2 aromatic rings. The molecule has 0 atom stereocenters. The first-order valence-electron chi connectivity index (χ1n) is 14.6. The van der Waals surface area contributed by atoms with Gasteiger partial charge in [-0.05, 0) is 37.8 Å². The van der Waals surface area contributed by atoms with E-state index in [0.29, 0.717) is 37.1 Å². The number of benzene rings is 1. The maximum Gasteiger partial charge on any atom is 0.245 e. The first kappa shape index (κ1) is 29.8. The van der Waals surface area contributed by atoms with E-state index in [9.17, 15) is 14.4 Å². The second-order valence-corrected chi connectivity index (χ2v) is 11.9. The molecule has 0 radical (unpaired) electrons. The Kier molecular flexibility index (Phi) is 10.8. The van der Waals surface area contributed by atoms with Crippen LogP contribution in [0, 0.1) is 11.8 Å². The number of nitrogens with zero attached hydrogens (tertiary/aromatic N) is 4. The van der Waals surface area contributed by atoms with Crippen LogP contribution >= 0.6 is 11.3 Å². The number of piperazine rings is 1. The van der Waals surface area contributed by atoms with Gasteiger partial charge in [0.2, 0.25) is 17.7 Å². The number of anilines is 2. The standard InChI is InChI=1S/C30H43N5O4S/c1-4-39-26-13-9-8-12-25(26)33-14-16-34(17-15-33)28(37)18-24-21-40-30(31-24)32-27(36)20-35(19-22(2)3)29(38)23-10-6-5-7-11-23/h8-9,12-13,21-23H,4-7,10-11,14-20H2,1-3H3,(H,31,32,36). The van der Waals surface area contributed by atoms with Gasteiger partial charge in [0, 0.05) is 44.0 Å². The summed E-state index contributed by atoms with van der Waals surface area (Å²) < 4.78 is 5.77. The molecule has 10 heteroatoms. The predicted molar refractivity (Wildman–Crippen MR) is 159 cm³/mol. The van der Waals surface area contributed by atoms with Crippen molar-refractivity contribution in [2.45, 2.75) is 59.3 Å². The van der Waals surface area contributed by atoms with Crippen LogP contribution in [0.15, 0.2) is 29.6 Å². The molecule has 1 N–H and O–H groups in total. The van der Waals surface area contributed by atoms with Crippen LogP contribution in [0.5, 0.6) is 5.75 Å². The lowest BCUT2D eigenvalue weighted by Gasteiger charge is -2.36. The fourth-order valence-electron chi connectivity index (χ4n) is 5.52. The fourth-order valence-corrected chi connectivity index (χ4v) is 6.24. The van der Waals surface area contributed by atoms with Crippen LogP contribution in [0.4, 0.5) is 10.8 Å². The molecule has 1 aliphatic carbocycles. The summed E-state index contributed by atoms with van der Waals surface area (Å²) in [6.07, 6.45) is 5.36. The van der Waals surface area contributed by atoms with Crippen LogP contribution in [-0.4, -0.2) is 78.4 Å². The largest absolute Gasteiger partial charge is 0.492 e. The van der Waals surface area contributed by atoms with E-state index in [0.717, 1.165) is 50.2 Å². The molecule has 218 valence electrons. The Hall–Kier alpha value is -3.14. The summed E-state index contributed by atoms with van der Waals surface area (Å²) >= 11 is 1.31. The molecule has 0 spiro atoms. The number of ether oxygens (including phenoxy) is 1. The van der Waals surface area contributed by atoms with Gasteiger partial charge in [-0.15, -0.1) is 11.3 Å². The van der Waals surface area contributed by atoms with E-state index < -0.39 is 0 Å². The molecule has 2 fully saturated rings. The summed E-state index contributed by atoms with van der Waals surface area (Å²) in [6.45, 7) is 10.0. The van der Waals surface area contributed by atoms with Crippen molar-refractivity contribution in [1.82, 2.24) is 14.8 Å². The molecule has 0 unspecified atom stereocenters. The number of carbonyl (C=O) groups is 3. The van der Waals surface area contributed by atoms with Crippen LogP contribution in [-0.2, 0) is 20.8 Å². The molecule has 1 aliphatic heterocycles. The monoisotopic (exact) mass is 569 g/mol. The Morgan fingerprint density at radius 3 is 2.52 bits per heavy atom. The van der Waals surface area contributed by atoms with Gasteiger partial charge in [-0.2, -0.15) is 0 Å². The van der Waals surface area contributed by atoms with Gasteiger partial charge in [-0.25, -0.2) is 4.98 Å². The maximum absolute atomic E-state index is 13.1. The third-order valence-electron chi connectivity index (χ3n) is 7.45. The molecular formula is C30H43N5O4S. The van der Waals surface area contributed by atoms with Gasteiger partial charge >= 0.3 is 0 Å². The van der Waals surface area contributed by atoms with Gasteiger partial charge in [0.1, 0.15) is 5.75 Å². The summed E-state index contributed by atoms with van der Waals surface area (Å²) in [5.41, 5.74) is 1.70. The average molecular weight is 570 g/mol. The molecule has 1 saturated carbocycles. The normalized spacial score (nSPS) is 16.2. The lowest BCUT2D eigenvalue weighted by Crippen LogP contribution is -2.49. The zero-order valence-corrected chi connectivity index (χ0v) is 24.9. The number of aromatic nitrogens is 1. The molecule has 9 nitrogen and oxygen atoms in total. The van der Waals surface area contributed by atoms with Crippen molar-refractivity contribution < 1.29 is 19.1 Å². The number of rotatable bonds is 11. The SMILES string of the molecule is CCOc1ccccc1N1CCN(C(=O)Cc2csc(NC(=O)CN(CC(C)C)C(=O)C3CCCCC3)n2)CC1. The van der Waals surface area contributed by atoms with Crippen LogP contribution in [0.25, 0.3) is 0 Å². The van der Waals surface area contributed by atoms with Crippen molar-refractivity contribution in [3.63, 3.8) is 0 Å². The van der Waals surface area contributed by atoms with Crippen LogP contribution < -0.4 is 15.0 Å². The highest BCUT2D eigenvalue weighted by Crippen LogP contribution is 2.29. The fraction of sp³-hybridized carbons (Fsp3) is 0.600. The Bertz CT molecular complexity index is 1140. The number of hydrogen-bond donors (Lipinski definition) is 1. The molecule has 40 heavy (non-hydrogen) atoms. The minimum absolute atomic E-state index is 0.0259. The van der Waals surface area contributed by atoms with Crippen LogP contribution in [0.1, 0.15) is 58.6 Å². The van der Waals surface area contributed by atoms with E-state index in [1.165, 1.54) is 17.8 Å². The molecule has 0 bridgehead atoms. The summed E-state index contributed by atoms with van der Waals surface area (Å²) in [6, 6.07) is 8.01. The third kappa shape index (κ3) is 8.19. The number of amides is 3. The molecule has 1 aromatic carbocycles. The van der Waals surface area contributed by atoms with E-state index in [4.69, 9.17) is 4.74 Å². The molecule has 2 aliphatic rings. The summed E-state index contributed by atoms with van der Waals surface area (Å²) in [5, 5.41) is 5.13. The Balaban J connectivity index is 1.26. The van der Waals surface area contributed by atoms with Crippen LogP contribution in [0.3, 0.4) is 0 Å². The Labute approximate surface area is 241 Å². The molecule has 2 heterocycles. The molecular weight excluding hydrogens is 526 g/mol. The van der Waals surface area contributed by atoms with E-state index in [-0.39, 0.29) is 42.5 Å². The van der Waals surface area contributed by atoms with Gasteiger partial charge in [0.05, 0.1) is 31.0 Å². The summed E-state index contributed by atoms with van der Waals surface area (Å²) in [5.74, 6) is 1.05. The first-order valence-corrected chi connectivity index (χ1v) is 15.5. The van der Waals surface area contributed by atoms with Gasteiger partial charge < -0.3 is 24.8 Å². The third-order valence-corrected chi connectivity index (χ3v) is 8.26. The van der Waals surface area contributed by atoms with E-state index >= 15 is 0 Å². The minimum Gasteiger partial charge on any atom is -0.492 e. The summed E-state index contributed by atoms with van der Waals surface area (Å²) in [4.78, 5) is 49.3. The molecule has 1 aromatic heterocycles. The topological polar surface area (TPSA) is 95.1 Å². The number of hydrogen-bond acceptors (Lipinski definition) is 7. The second-order valence-electron chi connectivity index (χ2n) is 11.1. The van der Waals surface area contributed by atoms with E-state index in [1.807, 2.05) is 35.4 Å². The van der Waals surface area contributed by atoms with Crippen molar-refractivity contribution in [3.05, 3.63) is 35.3 Å². The number of nitrogens with one attached hydrogen (secondary N) is 1. The minimum atomic E-state index is -0.250. The van der Waals surface area contributed by atoms with Gasteiger partial charge in [0.15, 0.2) is 5.13 Å². The van der Waals surface area contributed by atoms with Gasteiger partial charge in [0.25, 0.3) is 0 Å². The van der Waals surface area contributed by atoms with E-state index in [1.54, 1.807) is 4.90 Å². The van der Waals surface area contributed by atoms with E-state index in [2.05, 4.69) is 35.1 Å². The van der Waals surface area contributed by atoms with Crippen molar-refractivity contribution in [2.75, 3.05) is 56.1 Å². The quantitative estimate of drug-likeness (QED) is 0.430. The smallest absolute Gasteiger partial charge is 0.245 e. The van der Waals surface area contributed by atoms with Crippen LogP contribution in [0.2, 0.25) is 0 Å². The average Bonchev–Trinajstić information content (AvgIpc) is 3.39. The van der Waals surface area contributed by atoms with Gasteiger partial charge in [-0.1, -0.05) is 45.2 Å². The highest BCUT2D eigenvalue weighted by molar-refractivity contribution is 7.13. The van der Waals surface area contributed by atoms with Crippen molar-refractivity contribution in [3.8, 4) is 5.75 Å². The highest BCUT2D eigenvalue weighted by atomic mass is 32.1. The number of para-hydroxylation sites is 2. The Morgan fingerprint density at radius 2 is 1.82 bits per heavy atom. The Morgan fingerprint density at radius 1 is 1.10 bits per heavy atom. The maximum atomic E-state index is 13.1. The zero-order chi connectivity index (χ0) is 28.5. The van der Waals surface area contributed by atoms with Crippen molar-refractivity contribution >= 4 is 39.9 Å². The number of thiazole rings is 1. The highest BCUT2D eigenvalue weighted by Gasteiger charge is 2.28. The molecule has 4 rings (SSSR count). The molecule has 1 saturated heterocycles. The van der Waals surface area contributed by atoms with Gasteiger partial charge in [-0.3, -0.25) is 14.4 Å². The predicted octanol–water partition coefficient (Wildman–Crippen LogP) is 4.44. The van der Waals surface area contributed by atoms with Crippen molar-refractivity contribution in [1.29, 1.82) is 0 Å².